The van der Waals surface area contributed by atoms with Gasteiger partial charge in [-0.15, -0.1) is 0 Å². The first-order chi connectivity index (χ1) is 1.00. The molecule has 0 unspecified atom stereocenters. The van der Waals surface area contributed by atoms with Crippen molar-refractivity contribution < 1.29 is 50.7 Å². The van der Waals surface area contributed by atoms with Crippen LogP contribution in [-0.4, -0.2) is 6.79 Å². The fourth-order valence-electron chi connectivity index (χ4n) is 0. The topological polar surface area (TPSA) is 17.1 Å². The summed E-state index contributed by atoms with van der Waals surface area (Å²) in [7, 11) is 0. The predicted octanol–water partition coefficient (Wildman–Crippen LogP) is -6.18. The molecule has 0 heterocycles. The van der Waals surface area contributed by atoms with Crippen molar-refractivity contribution in [3.05, 3.63) is 0 Å². The molecule has 0 fully saturated rings. The van der Waals surface area contributed by atoms with Crippen LogP contribution in [0.3, 0.4) is 0 Å². The summed E-state index contributed by atoms with van der Waals surface area (Å²) < 4.78 is 0. The summed E-state index contributed by atoms with van der Waals surface area (Å²) in [5, 5.41) is 0. The van der Waals surface area contributed by atoms with E-state index in [4.69, 9.17) is 4.79 Å². The van der Waals surface area contributed by atoms with Gasteiger partial charge < -0.3 is 29.6 Å². The van der Waals surface area contributed by atoms with Crippen molar-refractivity contribution in [3.8, 4) is 0 Å². The van der Waals surface area contributed by atoms with Gasteiger partial charge in [-0.3, -0.25) is 0 Å². The third kappa shape index (κ3) is 48.4. The molecule has 0 spiro atoms. The van der Waals surface area contributed by atoms with Crippen LogP contribution in [0.1, 0.15) is 0 Å². The Balaban J connectivity index is -0.00000000167. The third-order valence-corrected chi connectivity index (χ3v) is 0. The molecule has 0 bridgehead atoms. The first-order valence-electron chi connectivity index (χ1n) is 0.289. The molecule has 0 saturated carbocycles. The molecule has 5 heavy (non-hydrogen) atoms. The second-order valence-electron chi connectivity index (χ2n) is 0. The van der Waals surface area contributed by atoms with Crippen LogP contribution >= 0.6 is 0 Å². The molecule has 0 N–H and O–H groups in total. The van der Waals surface area contributed by atoms with Gasteiger partial charge >= 0.3 is 21.1 Å². The van der Waals surface area contributed by atoms with Crippen LogP contribution in [0.4, 0.5) is 0 Å². The second kappa shape index (κ2) is 87.0. The van der Waals surface area contributed by atoms with E-state index in [-0.39, 0.29) is 45.9 Å². The maximum atomic E-state index is 8.00. The molecule has 0 aliphatic heterocycles. The predicted molar refractivity (Wildman–Crippen MR) is 7.12 cm³/mol. The van der Waals surface area contributed by atoms with Gasteiger partial charge in [0.1, 0.15) is 6.79 Å². The monoisotopic (exact) mass is 295 g/mol. The van der Waals surface area contributed by atoms with Gasteiger partial charge in [-0.2, -0.15) is 0 Å². The van der Waals surface area contributed by atoms with Crippen molar-refractivity contribution in [2.75, 3.05) is 0 Å². The molecule has 0 amide bonds. The van der Waals surface area contributed by atoms with Crippen molar-refractivity contribution in [2.24, 2.45) is 0 Å². The largest absolute Gasteiger partial charge is 2.00 e. The number of rotatable bonds is 0. The molecule has 0 saturated heterocycles. The quantitative estimate of drug-likeness (QED) is 0.435. The Bertz CT molecular complexity index is 9.61. The van der Waals surface area contributed by atoms with Crippen LogP contribution < -0.4 is 24.8 Å². The molecule has 0 rings (SSSR count). The van der Waals surface area contributed by atoms with E-state index in [0.29, 0.717) is 0 Å². The summed E-state index contributed by atoms with van der Waals surface area (Å²) in [5.74, 6) is 0. The molecule has 0 atom stereocenters. The normalized spacial score (nSPS) is 0.800. The van der Waals surface area contributed by atoms with Crippen LogP contribution in [-0.2, 0) is 25.9 Å². The minimum Gasteiger partial charge on any atom is -1.00 e. The third-order valence-electron chi connectivity index (χ3n) is 0. The van der Waals surface area contributed by atoms with Gasteiger partial charge in [0.2, 0.25) is 0 Å². The van der Waals surface area contributed by atoms with Gasteiger partial charge in [0.15, 0.2) is 0 Å². The van der Waals surface area contributed by atoms with E-state index in [1.54, 1.807) is 0 Å². The van der Waals surface area contributed by atoms with E-state index < -0.39 is 0 Å². The van der Waals surface area contributed by atoms with Crippen LogP contribution in [0.5, 0.6) is 0 Å². The van der Waals surface area contributed by atoms with Crippen molar-refractivity contribution in [1.29, 1.82) is 0 Å². The molecule has 4 heteroatoms. The van der Waals surface area contributed by atoms with E-state index >= 15 is 0 Å². The number of carbonyl (C=O) groups excluding carboxylic acids is 1. The van der Waals surface area contributed by atoms with Crippen molar-refractivity contribution >= 4 is 6.79 Å². The van der Waals surface area contributed by atoms with E-state index in [1.807, 2.05) is 6.79 Å². The molecule has 0 aromatic heterocycles. The summed E-state index contributed by atoms with van der Waals surface area (Å²) in [4.78, 5) is 8.00. The van der Waals surface area contributed by atoms with Gasteiger partial charge in [-0.1, -0.05) is 0 Å². The average molecular weight is 296 g/mol. The van der Waals surface area contributed by atoms with Crippen LogP contribution in [0.25, 0.3) is 0 Å². The van der Waals surface area contributed by atoms with E-state index in [1.165, 1.54) is 0 Å². The Morgan fingerprint density at radius 1 is 1.00 bits per heavy atom. The average Bonchev–Trinajstić information content (AvgIpc) is 1.00. The summed E-state index contributed by atoms with van der Waals surface area (Å²) in [5.41, 5.74) is 0. The SMILES string of the molecule is C=O.[Cl-].[Cl-].[Pt+2]. The Labute approximate surface area is 57.6 Å². The maximum absolute atomic E-state index is 8.00. The zero-order chi connectivity index (χ0) is 2.00. The number of carbonyl (C=O) groups is 1. The molecule has 0 aromatic carbocycles. The fourth-order valence-corrected chi connectivity index (χ4v) is 0. The standard InChI is InChI=1S/CH2O.2ClH.Pt/c1-2;;;/h1H2;2*1H;/q;;;+2/p-2. The van der Waals surface area contributed by atoms with Crippen LogP contribution in [0.15, 0.2) is 0 Å². The Morgan fingerprint density at radius 2 is 1.00 bits per heavy atom. The number of hydrogen-bond acceptors (Lipinski definition) is 1. The van der Waals surface area contributed by atoms with Gasteiger partial charge in [0, 0.05) is 0 Å². The molecular weight excluding hydrogens is 294 g/mol. The smallest absolute Gasteiger partial charge is 1.00 e. The zero-order valence-corrected chi connectivity index (χ0v) is 5.97. The molecular formula is CH2Cl2OPt. The van der Waals surface area contributed by atoms with Gasteiger partial charge in [0.25, 0.3) is 0 Å². The molecule has 0 aliphatic rings. The molecule has 0 aromatic rings. The molecule has 36 valence electrons. The Morgan fingerprint density at radius 3 is 1.00 bits per heavy atom. The van der Waals surface area contributed by atoms with E-state index in [2.05, 4.69) is 0 Å². The summed E-state index contributed by atoms with van der Waals surface area (Å²) in [6.45, 7) is 2.00. The van der Waals surface area contributed by atoms with Gasteiger partial charge in [-0.05, 0) is 0 Å². The van der Waals surface area contributed by atoms with Crippen molar-refractivity contribution in [3.63, 3.8) is 0 Å². The second-order valence-corrected chi connectivity index (χ2v) is 0. The minimum atomic E-state index is 0. The van der Waals surface area contributed by atoms with Crippen molar-refractivity contribution in [2.45, 2.75) is 0 Å². The van der Waals surface area contributed by atoms with Gasteiger partial charge in [-0.25, -0.2) is 0 Å². The van der Waals surface area contributed by atoms with Gasteiger partial charge in [0.05, 0.1) is 0 Å². The zero-order valence-electron chi connectivity index (χ0n) is 2.19. The van der Waals surface area contributed by atoms with Crippen LogP contribution in [0.2, 0.25) is 0 Å². The molecule has 0 aliphatic carbocycles. The minimum absolute atomic E-state index is 0. The van der Waals surface area contributed by atoms with Crippen molar-refractivity contribution in [1.82, 2.24) is 0 Å². The number of halogens is 2. The summed E-state index contributed by atoms with van der Waals surface area (Å²) in [6, 6.07) is 0. The first-order valence-corrected chi connectivity index (χ1v) is 0.289. The summed E-state index contributed by atoms with van der Waals surface area (Å²) in [6.07, 6.45) is 0. The fraction of sp³-hybridized carbons (Fsp3) is 0. The summed E-state index contributed by atoms with van der Waals surface area (Å²) >= 11 is 0. The van der Waals surface area contributed by atoms with E-state index in [0.717, 1.165) is 0 Å². The van der Waals surface area contributed by atoms with Crippen LogP contribution in [0, 0.1) is 0 Å². The molecule has 0 radical (unpaired) electrons. The maximum Gasteiger partial charge on any atom is 2.00 e. The van der Waals surface area contributed by atoms with E-state index in [9.17, 15) is 0 Å². The Hall–Kier alpha value is 0.938. The molecule has 1 nitrogen and oxygen atoms in total. The Kier molecular flexibility index (Phi) is 671. The first kappa shape index (κ1) is 38.5. The number of hydrogen-bond donors (Lipinski definition) is 0.